The number of carbonyl (C=O) groups is 1. The summed E-state index contributed by atoms with van der Waals surface area (Å²) in [5.74, 6) is 1.08. The minimum atomic E-state index is -0.123. The molecule has 1 saturated carbocycles. The van der Waals surface area contributed by atoms with Crippen LogP contribution in [0, 0.1) is 13.8 Å². The van der Waals surface area contributed by atoms with Gasteiger partial charge in [-0.05, 0) is 50.5 Å². The van der Waals surface area contributed by atoms with Crippen molar-refractivity contribution in [3.05, 3.63) is 45.8 Å². The van der Waals surface area contributed by atoms with Crippen molar-refractivity contribution in [2.24, 2.45) is 0 Å². The number of benzene rings is 1. The topological polar surface area (TPSA) is 66.9 Å². The molecule has 0 saturated heterocycles. The van der Waals surface area contributed by atoms with Gasteiger partial charge in [0, 0.05) is 22.3 Å². The smallest absolute Gasteiger partial charge is 0.270 e. The van der Waals surface area contributed by atoms with Gasteiger partial charge in [-0.25, -0.2) is 9.97 Å². The first-order valence-corrected chi connectivity index (χ1v) is 9.00. The Morgan fingerprint density at radius 1 is 1.17 bits per heavy atom. The van der Waals surface area contributed by atoms with E-state index in [0.717, 1.165) is 28.6 Å². The molecular weight excluding hydrogens is 368 g/mol. The van der Waals surface area contributed by atoms with E-state index in [0.29, 0.717) is 17.3 Å². The highest BCUT2D eigenvalue weighted by atomic mass is 79.9. The number of nitrogens with one attached hydrogen (secondary N) is 2. The third-order valence-corrected chi connectivity index (χ3v) is 5.08. The molecule has 3 rings (SSSR count). The van der Waals surface area contributed by atoms with Gasteiger partial charge in [0.05, 0.1) is 0 Å². The number of hydrogen-bond acceptors (Lipinski definition) is 4. The van der Waals surface area contributed by atoms with Crippen molar-refractivity contribution in [2.45, 2.75) is 45.6 Å². The van der Waals surface area contributed by atoms with Crippen LogP contribution in [0.15, 0.2) is 28.7 Å². The first-order chi connectivity index (χ1) is 11.5. The molecule has 1 amide bonds. The fraction of sp³-hybridized carbons (Fsp3) is 0.389. The van der Waals surface area contributed by atoms with E-state index in [1.165, 1.54) is 12.8 Å². The number of amides is 1. The highest BCUT2D eigenvalue weighted by Crippen LogP contribution is 2.23. The molecule has 6 heteroatoms. The number of aryl methyl sites for hydroxylation is 2. The van der Waals surface area contributed by atoms with Gasteiger partial charge in [-0.2, -0.15) is 0 Å². The monoisotopic (exact) mass is 388 g/mol. The van der Waals surface area contributed by atoms with E-state index >= 15 is 0 Å². The number of nitrogens with zero attached hydrogens (tertiary/aromatic N) is 2. The molecule has 0 radical (unpaired) electrons. The van der Waals surface area contributed by atoms with Gasteiger partial charge >= 0.3 is 0 Å². The molecule has 1 fully saturated rings. The molecule has 126 valence electrons. The second kappa shape index (κ2) is 7.30. The van der Waals surface area contributed by atoms with Crippen LogP contribution in [-0.2, 0) is 0 Å². The Morgan fingerprint density at radius 2 is 1.92 bits per heavy atom. The Morgan fingerprint density at radius 3 is 2.62 bits per heavy atom. The highest BCUT2D eigenvalue weighted by Gasteiger charge is 2.19. The number of anilines is 2. The summed E-state index contributed by atoms with van der Waals surface area (Å²) in [4.78, 5) is 21.1. The van der Waals surface area contributed by atoms with Crippen LogP contribution in [0.3, 0.4) is 0 Å². The van der Waals surface area contributed by atoms with Crippen LogP contribution >= 0.6 is 15.9 Å². The predicted molar refractivity (Wildman–Crippen MR) is 98.7 cm³/mol. The number of aromatic nitrogens is 2. The number of halogens is 1. The average Bonchev–Trinajstić information content (AvgIpc) is 3.03. The van der Waals surface area contributed by atoms with Crippen LogP contribution in [0.1, 0.15) is 47.6 Å². The summed E-state index contributed by atoms with van der Waals surface area (Å²) in [5, 5.41) is 6.32. The fourth-order valence-electron chi connectivity index (χ4n) is 2.95. The molecule has 24 heavy (non-hydrogen) atoms. The van der Waals surface area contributed by atoms with Crippen LogP contribution in [-0.4, -0.2) is 21.9 Å². The largest absolute Gasteiger partial charge is 0.348 e. The van der Waals surface area contributed by atoms with E-state index in [2.05, 4.69) is 36.5 Å². The van der Waals surface area contributed by atoms with E-state index in [9.17, 15) is 4.79 Å². The molecule has 1 aromatic heterocycles. The molecule has 1 heterocycles. The molecule has 2 aromatic rings. The molecule has 0 bridgehead atoms. The Bertz CT molecular complexity index is 757. The molecular formula is C18H21BrN4O. The zero-order valence-electron chi connectivity index (χ0n) is 13.9. The lowest BCUT2D eigenvalue weighted by atomic mass is 10.2. The van der Waals surface area contributed by atoms with Crippen LogP contribution in [0.4, 0.5) is 11.5 Å². The average molecular weight is 389 g/mol. The van der Waals surface area contributed by atoms with Gasteiger partial charge in [-0.1, -0.05) is 28.8 Å². The van der Waals surface area contributed by atoms with Gasteiger partial charge in [0.2, 0.25) is 0 Å². The van der Waals surface area contributed by atoms with E-state index in [4.69, 9.17) is 0 Å². The normalized spacial score (nSPS) is 14.6. The summed E-state index contributed by atoms with van der Waals surface area (Å²) in [6.07, 6.45) is 4.48. The van der Waals surface area contributed by atoms with Crippen LogP contribution in [0.2, 0.25) is 0 Å². The summed E-state index contributed by atoms with van der Waals surface area (Å²) in [6.45, 7) is 3.82. The number of carbonyl (C=O) groups excluding carboxylic acids is 1. The Labute approximate surface area is 150 Å². The van der Waals surface area contributed by atoms with E-state index in [1.54, 1.807) is 13.0 Å². The molecule has 1 aliphatic carbocycles. The number of rotatable bonds is 4. The van der Waals surface area contributed by atoms with Crippen LogP contribution in [0.25, 0.3) is 0 Å². The predicted octanol–water partition coefficient (Wildman–Crippen LogP) is 4.27. The lowest BCUT2D eigenvalue weighted by molar-refractivity contribution is 0.0932. The van der Waals surface area contributed by atoms with Crippen molar-refractivity contribution in [1.29, 1.82) is 0 Å². The van der Waals surface area contributed by atoms with Crippen molar-refractivity contribution in [3.8, 4) is 0 Å². The summed E-state index contributed by atoms with van der Waals surface area (Å²) >= 11 is 3.49. The van der Waals surface area contributed by atoms with Crippen molar-refractivity contribution in [1.82, 2.24) is 15.3 Å². The summed E-state index contributed by atoms with van der Waals surface area (Å²) in [7, 11) is 0. The minimum Gasteiger partial charge on any atom is -0.348 e. The standard InChI is InChI=1S/C18H21BrN4O/c1-11-9-14(7-8-15(11)19)22-17-10-16(20-12(2)21-17)18(24)23-13-5-3-4-6-13/h7-10,13H,3-6H2,1-2H3,(H,23,24)(H,20,21,22). The minimum absolute atomic E-state index is 0.123. The van der Waals surface area contributed by atoms with Gasteiger partial charge in [-0.3, -0.25) is 4.79 Å². The van der Waals surface area contributed by atoms with Crippen LogP contribution in [0.5, 0.6) is 0 Å². The molecule has 1 aromatic carbocycles. The molecule has 5 nitrogen and oxygen atoms in total. The highest BCUT2D eigenvalue weighted by molar-refractivity contribution is 9.10. The number of hydrogen-bond donors (Lipinski definition) is 2. The molecule has 0 aliphatic heterocycles. The zero-order chi connectivity index (χ0) is 17.1. The Balaban J connectivity index is 1.77. The third-order valence-electron chi connectivity index (χ3n) is 4.19. The maximum absolute atomic E-state index is 12.4. The van der Waals surface area contributed by atoms with Crippen molar-refractivity contribution < 1.29 is 4.79 Å². The third kappa shape index (κ3) is 4.12. The molecule has 0 atom stereocenters. The quantitative estimate of drug-likeness (QED) is 0.820. The van der Waals surface area contributed by atoms with Crippen molar-refractivity contribution in [3.63, 3.8) is 0 Å². The van der Waals surface area contributed by atoms with Gasteiger partial charge in [0.15, 0.2) is 0 Å². The van der Waals surface area contributed by atoms with Crippen molar-refractivity contribution >= 4 is 33.3 Å². The molecule has 1 aliphatic rings. The fourth-order valence-corrected chi connectivity index (χ4v) is 3.19. The SMILES string of the molecule is Cc1nc(Nc2ccc(Br)c(C)c2)cc(C(=O)NC2CCCC2)n1. The van der Waals surface area contributed by atoms with E-state index in [1.807, 2.05) is 25.1 Å². The van der Waals surface area contributed by atoms with Crippen molar-refractivity contribution in [2.75, 3.05) is 5.32 Å². The Hall–Kier alpha value is -1.95. The lowest BCUT2D eigenvalue weighted by Gasteiger charge is -2.13. The van der Waals surface area contributed by atoms with Gasteiger partial charge in [-0.15, -0.1) is 0 Å². The summed E-state index contributed by atoms with van der Waals surface area (Å²) in [6, 6.07) is 7.96. The first-order valence-electron chi connectivity index (χ1n) is 8.21. The molecule has 0 unspecified atom stereocenters. The van der Waals surface area contributed by atoms with Crippen LogP contribution < -0.4 is 10.6 Å². The van der Waals surface area contributed by atoms with Gasteiger partial charge < -0.3 is 10.6 Å². The summed E-state index contributed by atoms with van der Waals surface area (Å²) in [5.41, 5.74) is 2.46. The molecule has 0 spiro atoms. The molecule has 2 N–H and O–H groups in total. The Kier molecular flexibility index (Phi) is 5.14. The van der Waals surface area contributed by atoms with Gasteiger partial charge in [0.25, 0.3) is 5.91 Å². The second-order valence-electron chi connectivity index (χ2n) is 6.23. The second-order valence-corrected chi connectivity index (χ2v) is 7.08. The lowest BCUT2D eigenvalue weighted by Crippen LogP contribution is -2.33. The summed E-state index contributed by atoms with van der Waals surface area (Å²) < 4.78 is 1.06. The zero-order valence-corrected chi connectivity index (χ0v) is 15.5. The van der Waals surface area contributed by atoms with Gasteiger partial charge in [0.1, 0.15) is 17.3 Å². The maximum Gasteiger partial charge on any atom is 0.270 e. The van der Waals surface area contributed by atoms with E-state index in [-0.39, 0.29) is 11.9 Å². The van der Waals surface area contributed by atoms with E-state index < -0.39 is 0 Å². The maximum atomic E-state index is 12.4. The first kappa shape index (κ1) is 16.9.